The summed E-state index contributed by atoms with van der Waals surface area (Å²) in [7, 11) is 1.45. The van der Waals surface area contributed by atoms with E-state index in [2.05, 4.69) is 14.7 Å². The van der Waals surface area contributed by atoms with E-state index in [1.165, 1.54) is 19.4 Å². The minimum atomic E-state index is -1.45. The fourth-order valence-electron chi connectivity index (χ4n) is 1.65. The predicted octanol–water partition coefficient (Wildman–Crippen LogP) is 1.64. The molecular formula is C14H13FN2O6. The van der Waals surface area contributed by atoms with E-state index in [-0.39, 0.29) is 30.5 Å². The number of rotatable bonds is 7. The Balaban J connectivity index is 2.42. The van der Waals surface area contributed by atoms with Gasteiger partial charge in [0.15, 0.2) is 11.6 Å². The number of carboxylic acids is 1. The lowest BCUT2D eigenvalue weighted by molar-refractivity contribution is 0.0655. The summed E-state index contributed by atoms with van der Waals surface area (Å²) < 4.78 is 28.3. The van der Waals surface area contributed by atoms with Crippen LogP contribution in [0.1, 0.15) is 10.6 Å². The molecule has 0 atom stereocenters. The van der Waals surface area contributed by atoms with Crippen LogP contribution in [0.3, 0.4) is 0 Å². The van der Waals surface area contributed by atoms with Crippen LogP contribution < -0.4 is 15.7 Å². The van der Waals surface area contributed by atoms with Gasteiger partial charge in [-0.05, 0) is 12.1 Å². The van der Waals surface area contributed by atoms with Gasteiger partial charge < -0.3 is 24.3 Å². The van der Waals surface area contributed by atoms with E-state index in [1.54, 1.807) is 0 Å². The lowest BCUT2D eigenvalue weighted by atomic mass is 10.3. The summed E-state index contributed by atoms with van der Waals surface area (Å²) in [6, 6.07) is 3.56. The van der Waals surface area contributed by atoms with E-state index in [4.69, 9.17) is 14.6 Å². The van der Waals surface area contributed by atoms with Gasteiger partial charge in [0.1, 0.15) is 6.61 Å². The Morgan fingerprint density at radius 1 is 1.48 bits per heavy atom. The van der Waals surface area contributed by atoms with Crippen molar-refractivity contribution in [1.29, 1.82) is 0 Å². The normalized spacial score (nSPS) is 10.3. The summed E-state index contributed by atoms with van der Waals surface area (Å²) in [6.07, 6.45) is 1.33. The van der Waals surface area contributed by atoms with Crippen molar-refractivity contribution < 1.29 is 28.2 Å². The lowest BCUT2D eigenvalue weighted by Gasteiger charge is -2.12. The van der Waals surface area contributed by atoms with E-state index >= 15 is 0 Å². The van der Waals surface area contributed by atoms with Crippen molar-refractivity contribution in [3.05, 3.63) is 46.4 Å². The van der Waals surface area contributed by atoms with Crippen molar-refractivity contribution >= 4 is 17.5 Å². The Hall–Kier alpha value is -2.94. The van der Waals surface area contributed by atoms with Crippen LogP contribution in [0.15, 0.2) is 33.6 Å². The molecule has 0 aliphatic rings. The topological polar surface area (TPSA) is 111 Å². The monoisotopic (exact) mass is 324 g/mol. The zero-order chi connectivity index (χ0) is 16.8. The number of nitrogens with one attached hydrogen (secondary N) is 1. The van der Waals surface area contributed by atoms with Crippen molar-refractivity contribution in [2.24, 2.45) is 0 Å². The van der Waals surface area contributed by atoms with E-state index < -0.39 is 23.2 Å². The molecule has 0 amide bonds. The zero-order valence-corrected chi connectivity index (χ0v) is 12.0. The van der Waals surface area contributed by atoms with E-state index in [1.807, 2.05) is 0 Å². The van der Waals surface area contributed by atoms with E-state index in [0.717, 1.165) is 12.1 Å². The highest BCUT2D eigenvalue weighted by Gasteiger charge is 2.18. The Bertz CT molecular complexity index is 761. The van der Waals surface area contributed by atoms with Crippen molar-refractivity contribution in [2.75, 3.05) is 25.6 Å². The third-order valence-electron chi connectivity index (χ3n) is 2.66. The molecule has 2 heterocycles. The van der Waals surface area contributed by atoms with Crippen molar-refractivity contribution in [3.63, 3.8) is 0 Å². The Morgan fingerprint density at radius 2 is 2.26 bits per heavy atom. The molecule has 8 nitrogen and oxygen atoms in total. The smallest absolute Gasteiger partial charge is 0.381 e. The first-order valence-corrected chi connectivity index (χ1v) is 6.43. The number of nitrogens with zero attached hydrogens (tertiary/aromatic N) is 1. The largest absolute Gasteiger partial charge is 0.483 e. The van der Waals surface area contributed by atoms with Crippen molar-refractivity contribution in [3.8, 4) is 5.75 Å². The second-order valence-corrected chi connectivity index (χ2v) is 4.25. The molecule has 0 aromatic carbocycles. The van der Waals surface area contributed by atoms with Crippen LogP contribution in [-0.4, -0.2) is 36.4 Å². The summed E-state index contributed by atoms with van der Waals surface area (Å²) in [6.45, 7) is 0.213. The fraction of sp³-hybridized carbons (Fsp3) is 0.214. The third-order valence-corrected chi connectivity index (χ3v) is 2.66. The molecule has 0 bridgehead atoms. The standard InChI is InChI=1S/C14H13FN2O6/c1-21-5-6-22-11-9(7-10(13(18)19)23-14(11)20)17-12-8(15)3-2-4-16-12/h2-4,7H,5-6H2,1H3,(H,16,17)(H,18,19). The predicted molar refractivity (Wildman–Crippen MR) is 76.8 cm³/mol. The van der Waals surface area contributed by atoms with Crippen LogP contribution in [0.2, 0.25) is 0 Å². The van der Waals surface area contributed by atoms with Gasteiger partial charge in [0.05, 0.1) is 12.3 Å². The molecule has 23 heavy (non-hydrogen) atoms. The molecule has 0 saturated heterocycles. The maximum atomic E-state index is 13.7. The molecule has 2 rings (SSSR count). The maximum absolute atomic E-state index is 13.7. The van der Waals surface area contributed by atoms with Gasteiger partial charge in [-0.2, -0.15) is 0 Å². The molecule has 9 heteroatoms. The number of aromatic nitrogens is 1. The average molecular weight is 324 g/mol. The lowest BCUT2D eigenvalue weighted by Crippen LogP contribution is -2.16. The summed E-state index contributed by atoms with van der Waals surface area (Å²) in [4.78, 5) is 26.6. The molecule has 0 fully saturated rings. The van der Waals surface area contributed by atoms with Gasteiger partial charge in [0.25, 0.3) is 0 Å². The van der Waals surface area contributed by atoms with Gasteiger partial charge in [-0.3, -0.25) is 0 Å². The molecule has 0 unspecified atom stereocenters. The number of carboxylic acid groups (broad SMARTS) is 1. The zero-order valence-electron chi connectivity index (χ0n) is 12.0. The van der Waals surface area contributed by atoms with Gasteiger partial charge in [-0.15, -0.1) is 0 Å². The quantitative estimate of drug-likeness (QED) is 0.739. The molecule has 0 saturated carbocycles. The number of hydrogen-bond acceptors (Lipinski definition) is 7. The molecular weight excluding hydrogens is 311 g/mol. The molecule has 2 aromatic heterocycles. The number of hydrogen-bond donors (Lipinski definition) is 2. The number of pyridine rings is 1. The van der Waals surface area contributed by atoms with Crippen LogP contribution in [-0.2, 0) is 4.74 Å². The van der Waals surface area contributed by atoms with Gasteiger partial charge in [-0.25, -0.2) is 19.0 Å². The number of methoxy groups -OCH3 is 1. The number of ether oxygens (including phenoxy) is 2. The van der Waals surface area contributed by atoms with Crippen LogP contribution in [0, 0.1) is 5.82 Å². The van der Waals surface area contributed by atoms with Gasteiger partial charge >= 0.3 is 11.6 Å². The van der Waals surface area contributed by atoms with Gasteiger partial charge in [0, 0.05) is 19.4 Å². The Morgan fingerprint density at radius 3 is 2.91 bits per heavy atom. The van der Waals surface area contributed by atoms with Crippen LogP contribution in [0.5, 0.6) is 5.75 Å². The second kappa shape index (κ2) is 7.36. The van der Waals surface area contributed by atoms with Crippen molar-refractivity contribution in [1.82, 2.24) is 4.98 Å². The summed E-state index contributed by atoms with van der Waals surface area (Å²) >= 11 is 0. The highest BCUT2D eigenvalue weighted by molar-refractivity contribution is 5.86. The highest BCUT2D eigenvalue weighted by Crippen LogP contribution is 2.26. The van der Waals surface area contributed by atoms with Gasteiger partial charge in [0.2, 0.25) is 11.5 Å². The number of aromatic carboxylic acids is 1. The minimum absolute atomic E-state index is 0.0209. The average Bonchev–Trinajstić information content (AvgIpc) is 2.51. The number of anilines is 2. The molecule has 0 aliphatic heterocycles. The molecule has 2 aromatic rings. The first-order chi connectivity index (χ1) is 11.0. The van der Waals surface area contributed by atoms with Crippen LogP contribution in [0.25, 0.3) is 0 Å². The molecule has 0 spiro atoms. The molecule has 122 valence electrons. The van der Waals surface area contributed by atoms with Gasteiger partial charge in [-0.1, -0.05) is 0 Å². The summed E-state index contributed by atoms with van der Waals surface area (Å²) in [5.41, 5.74) is -1.09. The number of halogens is 1. The van der Waals surface area contributed by atoms with Crippen molar-refractivity contribution in [2.45, 2.75) is 0 Å². The van der Waals surface area contributed by atoms with E-state index in [9.17, 15) is 14.0 Å². The highest BCUT2D eigenvalue weighted by atomic mass is 19.1. The first-order valence-electron chi connectivity index (χ1n) is 6.43. The number of carbonyl (C=O) groups is 1. The molecule has 0 radical (unpaired) electrons. The van der Waals surface area contributed by atoms with Crippen LogP contribution in [0.4, 0.5) is 15.9 Å². The van der Waals surface area contributed by atoms with E-state index in [0.29, 0.717) is 0 Å². The molecule has 2 N–H and O–H groups in total. The second-order valence-electron chi connectivity index (χ2n) is 4.25. The van der Waals surface area contributed by atoms with Crippen LogP contribution >= 0.6 is 0 Å². The Kier molecular flexibility index (Phi) is 5.26. The summed E-state index contributed by atoms with van der Waals surface area (Å²) in [5, 5.41) is 11.5. The maximum Gasteiger partial charge on any atom is 0.381 e. The molecule has 0 aliphatic carbocycles. The summed E-state index contributed by atoms with van der Waals surface area (Å²) in [5.74, 6) is -3.23. The fourth-order valence-corrected chi connectivity index (χ4v) is 1.65. The SMILES string of the molecule is COCCOc1c(Nc2ncccc2F)cc(C(=O)O)oc1=O. The third kappa shape index (κ3) is 4.04. The minimum Gasteiger partial charge on any atom is -0.483 e. The Labute approximate surface area is 129 Å². The first kappa shape index (κ1) is 16.4.